The third-order valence-corrected chi connectivity index (χ3v) is 6.34. The molecule has 0 fully saturated rings. The van der Waals surface area contributed by atoms with Gasteiger partial charge in [0.1, 0.15) is 18.0 Å². The summed E-state index contributed by atoms with van der Waals surface area (Å²) < 4.78 is 7.92. The van der Waals surface area contributed by atoms with Gasteiger partial charge in [0.25, 0.3) is 5.69 Å². The van der Waals surface area contributed by atoms with Crippen molar-refractivity contribution in [2.45, 2.75) is 13.5 Å². The van der Waals surface area contributed by atoms with Gasteiger partial charge in [0, 0.05) is 36.8 Å². The zero-order valence-corrected chi connectivity index (χ0v) is 19.9. The van der Waals surface area contributed by atoms with Crippen LogP contribution in [0.15, 0.2) is 42.7 Å². The Bertz CT molecular complexity index is 1450. The molecule has 1 aliphatic heterocycles. The second-order valence-electron chi connectivity index (χ2n) is 8.31. The van der Waals surface area contributed by atoms with Crippen molar-refractivity contribution < 1.29 is 14.8 Å². The molecule has 0 spiro atoms. The van der Waals surface area contributed by atoms with Crippen LogP contribution in [0.3, 0.4) is 0 Å². The topological polar surface area (TPSA) is 119 Å². The number of aryl methyl sites for hydroxylation is 1. The molecule has 10 nitrogen and oxygen atoms in total. The Morgan fingerprint density at radius 1 is 1.37 bits per heavy atom. The first-order valence-electron chi connectivity index (χ1n) is 11.0. The van der Waals surface area contributed by atoms with E-state index in [0.29, 0.717) is 28.7 Å². The maximum absolute atomic E-state index is 11.7. The number of anilines is 3. The Kier molecular flexibility index (Phi) is 5.91. The van der Waals surface area contributed by atoms with Gasteiger partial charge in [0.2, 0.25) is 5.95 Å². The smallest absolute Gasteiger partial charge is 0.294 e. The van der Waals surface area contributed by atoms with Crippen LogP contribution in [0.2, 0.25) is 5.02 Å². The van der Waals surface area contributed by atoms with Crippen LogP contribution in [-0.4, -0.2) is 51.4 Å². The van der Waals surface area contributed by atoms with Crippen molar-refractivity contribution in [3.8, 4) is 17.0 Å². The van der Waals surface area contributed by atoms with E-state index in [4.69, 9.17) is 16.3 Å². The van der Waals surface area contributed by atoms with Gasteiger partial charge >= 0.3 is 0 Å². The summed E-state index contributed by atoms with van der Waals surface area (Å²) in [5, 5.41) is 25.4. The molecule has 35 heavy (non-hydrogen) atoms. The van der Waals surface area contributed by atoms with Crippen molar-refractivity contribution >= 4 is 45.5 Å². The van der Waals surface area contributed by atoms with Crippen molar-refractivity contribution in [3.05, 3.63) is 63.4 Å². The highest BCUT2D eigenvalue weighted by molar-refractivity contribution is 6.33. The molecule has 0 saturated carbocycles. The van der Waals surface area contributed by atoms with Crippen molar-refractivity contribution in [3.63, 3.8) is 0 Å². The Morgan fingerprint density at radius 2 is 2.20 bits per heavy atom. The van der Waals surface area contributed by atoms with Crippen molar-refractivity contribution in [1.82, 2.24) is 14.5 Å². The third-order valence-electron chi connectivity index (χ3n) is 6.06. The Hall–Kier alpha value is -3.89. The summed E-state index contributed by atoms with van der Waals surface area (Å²) in [6.07, 6.45) is 3.53. The quantitative estimate of drug-likeness (QED) is 0.284. The molecular formula is C24H23ClN6O4. The number of aromatic nitrogens is 3. The van der Waals surface area contributed by atoms with Crippen LogP contribution in [-0.2, 0) is 6.54 Å². The lowest BCUT2D eigenvalue weighted by atomic mass is 10.1. The Labute approximate surface area is 205 Å². The lowest BCUT2D eigenvalue weighted by Crippen LogP contribution is -2.22. The van der Waals surface area contributed by atoms with Crippen molar-refractivity contribution in [1.29, 1.82) is 0 Å². The number of nitro benzene ring substituents is 1. The second kappa shape index (κ2) is 9.05. The molecule has 2 aromatic heterocycles. The molecule has 11 heteroatoms. The number of rotatable bonds is 7. The van der Waals surface area contributed by atoms with E-state index in [1.54, 1.807) is 18.0 Å². The van der Waals surface area contributed by atoms with Gasteiger partial charge < -0.3 is 24.6 Å². The molecule has 5 rings (SSSR count). The first kappa shape index (κ1) is 22.9. The van der Waals surface area contributed by atoms with Gasteiger partial charge in [-0.3, -0.25) is 10.1 Å². The predicted octanol–water partition coefficient (Wildman–Crippen LogP) is 4.53. The molecule has 0 saturated heterocycles. The fourth-order valence-corrected chi connectivity index (χ4v) is 4.53. The summed E-state index contributed by atoms with van der Waals surface area (Å²) in [6, 6.07) is 9.03. The maximum Gasteiger partial charge on any atom is 0.294 e. The molecule has 0 radical (unpaired) electrons. The number of likely N-dealkylation sites (N-methyl/N-ethyl adjacent to an activating group) is 1. The van der Waals surface area contributed by atoms with Gasteiger partial charge in [-0.2, -0.15) is 0 Å². The number of benzene rings is 2. The van der Waals surface area contributed by atoms with Gasteiger partial charge in [-0.05, 0) is 24.6 Å². The molecule has 180 valence electrons. The fraction of sp³-hybridized carbons (Fsp3) is 0.250. The standard InChI is InChI=1S/C24H23ClN6O4/c1-14-10-19(29(2)6-8-32)20(31(33)34)11-18(14)27-24-26-12-17(25)22(28-24)16-13-30-7-9-35-21-5-3-4-15(16)23(21)30/h3-5,10-13,32H,6-9H2,1-2H3,(H,26,27,28). The minimum atomic E-state index is -0.446. The zero-order valence-electron chi connectivity index (χ0n) is 19.2. The molecular weight excluding hydrogens is 472 g/mol. The average molecular weight is 495 g/mol. The van der Waals surface area contributed by atoms with E-state index in [2.05, 4.69) is 19.9 Å². The number of nitrogens with zero attached hydrogens (tertiary/aromatic N) is 5. The van der Waals surface area contributed by atoms with E-state index in [1.807, 2.05) is 31.3 Å². The van der Waals surface area contributed by atoms with Crippen LogP contribution in [0, 0.1) is 17.0 Å². The molecule has 0 atom stereocenters. The van der Waals surface area contributed by atoms with Crippen molar-refractivity contribution in [2.75, 3.05) is 37.0 Å². The number of hydrogen-bond acceptors (Lipinski definition) is 8. The number of hydrogen-bond donors (Lipinski definition) is 2. The summed E-state index contributed by atoms with van der Waals surface area (Å²) >= 11 is 6.52. The van der Waals surface area contributed by atoms with Crippen LogP contribution in [0.1, 0.15) is 5.56 Å². The van der Waals surface area contributed by atoms with Gasteiger partial charge in [0.15, 0.2) is 0 Å². The highest BCUT2D eigenvalue weighted by Gasteiger charge is 2.22. The van der Waals surface area contributed by atoms with E-state index < -0.39 is 4.92 Å². The van der Waals surface area contributed by atoms with E-state index >= 15 is 0 Å². The molecule has 1 aliphatic rings. The van der Waals surface area contributed by atoms with Crippen LogP contribution in [0.25, 0.3) is 22.2 Å². The number of aliphatic hydroxyl groups excluding tert-OH is 1. The molecule has 2 N–H and O–H groups in total. The summed E-state index contributed by atoms with van der Waals surface area (Å²) in [6.45, 7) is 3.31. The number of para-hydroxylation sites is 1. The fourth-order valence-electron chi connectivity index (χ4n) is 4.34. The van der Waals surface area contributed by atoms with E-state index in [0.717, 1.165) is 34.3 Å². The number of ether oxygens (including phenoxy) is 1. The molecule has 0 aliphatic carbocycles. The highest BCUT2D eigenvalue weighted by atomic mass is 35.5. The summed E-state index contributed by atoms with van der Waals surface area (Å²) in [7, 11) is 1.70. The van der Waals surface area contributed by atoms with E-state index in [9.17, 15) is 15.2 Å². The molecule has 0 bridgehead atoms. The molecule has 4 aromatic rings. The maximum atomic E-state index is 11.7. The number of nitrogens with one attached hydrogen (secondary N) is 1. The lowest BCUT2D eigenvalue weighted by molar-refractivity contribution is -0.384. The second-order valence-corrected chi connectivity index (χ2v) is 8.72. The van der Waals surface area contributed by atoms with Gasteiger partial charge in [-0.1, -0.05) is 23.7 Å². The zero-order chi connectivity index (χ0) is 24.7. The lowest BCUT2D eigenvalue weighted by Gasteiger charge is -2.20. The Morgan fingerprint density at radius 3 is 2.97 bits per heavy atom. The van der Waals surface area contributed by atoms with E-state index in [-0.39, 0.29) is 24.8 Å². The largest absolute Gasteiger partial charge is 0.490 e. The first-order chi connectivity index (χ1) is 16.9. The minimum Gasteiger partial charge on any atom is -0.490 e. The monoisotopic (exact) mass is 494 g/mol. The van der Waals surface area contributed by atoms with Crippen LogP contribution >= 0.6 is 11.6 Å². The normalized spacial score (nSPS) is 12.5. The number of nitro groups is 1. The number of halogens is 1. The summed E-state index contributed by atoms with van der Waals surface area (Å²) in [5.41, 5.74) is 4.00. The van der Waals surface area contributed by atoms with Gasteiger partial charge in [-0.15, -0.1) is 0 Å². The third kappa shape index (κ3) is 4.11. The predicted molar refractivity (Wildman–Crippen MR) is 135 cm³/mol. The van der Waals surface area contributed by atoms with Crippen LogP contribution in [0.4, 0.5) is 23.0 Å². The molecule has 0 unspecified atom stereocenters. The van der Waals surface area contributed by atoms with Crippen molar-refractivity contribution in [2.24, 2.45) is 0 Å². The molecule has 2 aromatic carbocycles. The molecule has 0 amide bonds. The molecule has 3 heterocycles. The SMILES string of the molecule is Cc1cc(N(C)CCO)c([N+](=O)[O-])cc1Nc1ncc(Cl)c(-c2cn3c4c(cccc24)OCC3)n1. The number of aliphatic hydroxyl groups is 1. The summed E-state index contributed by atoms with van der Waals surface area (Å²) in [5.74, 6) is 1.08. The summed E-state index contributed by atoms with van der Waals surface area (Å²) in [4.78, 5) is 21.9. The minimum absolute atomic E-state index is 0.0859. The Balaban J connectivity index is 1.55. The average Bonchev–Trinajstić information content (AvgIpc) is 3.21. The first-order valence-corrected chi connectivity index (χ1v) is 11.4. The van der Waals surface area contributed by atoms with Crippen LogP contribution in [0.5, 0.6) is 5.75 Å². The van der Waals surface area contributed by atoms with Crippen LogP contribution < -0.4 is 15.0 Å². The van der Waals surface area contributed by atoms with E-state index in [1.165, 1.54) is 12.3 Å². The van der Waals surface area contributed by atoms with Gasteiger partial charge in [0.05, 0.1) is 46.2 Å². The van der Waals surface area contributed by atoms with Gasteiger partial charge in [-0.25, -0.2) is 9.97 Å². The highest BCUT2D eigenvalue weighted by Crippen LogP contribution is 2.39.